The van der Waals surface area contributed by atoms with Crippen LogP contribution < -0.4 is 5.32 Å². The van der Waals surface area contributed by atoms with Crippen LogP contribution in [-0.4, -0.2) is 61.0 Å². The van der Waals surface area contributed by atoms with Crippen LogP contribution in [0.25, 0.3) is 0 Å². The third kappa shape index (κ3) is 3.41. The summed E-state index contributed by atoms with van der Waals surface area (Å²) in [6, 6.07) is 0. The maximum absolute atomic E-state index is 9.56. The molecular formula is C11H22N2O2. The topological polar surface area (TPSA) is 44.7 Å². The van der Waals surface area contributed by atoms with Crippen LogP contribution in [0, 0.1) is 0 Å². The highest BCUT2D eigenvalue weighted by Crippen LogP contribution is 2.12. The fourth-order valence-corrected chi connectivity index (χ4v) is 2.46. The minimum Gasteiger partial charge on any atom is -0.392 e. The standard InChI is InChI=1S/C11H22N2O2/c1-9-5-12-6-11(15-9)8-13-4-2-3-10(14)7-13/h9-12,14H,2-8H2,1H3/t9-,10-,11+/m1/s1. The van der Waals surface area contributed by atoms with Gasteiger partial charge in [-0.2, -0.15) is 0 Å². The number of nitrogens with zero attached hydrogens (tertiary/aromatic N) is 1. The van der Waals surface area contributed by atoms with Gasteiger partial charge in [0, 0.05) is 26.2 Å². The largest absolute Gasteiger partial charge is 0.392 e. The number of aliphatic hydroxyl groups excluding tert-OH is 1. The number of hydrogen-bond acceptors (Lipinski definition) is 4. The summed E-state index contributed by atoms with van der Waals surface area (Å²) in [6.45, 7) is 6.87. The summed E-state index contributed by atoms with van der Waals surface area (Å²) >= 11 is 0. The Balaban J connectivity index is 1.75. The first kappa shape index (κ1) is 11.3. The van der Waals surface area contributed by atoms with Gasteiger partial charge in [-0.25, -0.2) is 0 Å². The number of piperidine rings is 1. The molecule has 0 radical (unpaired) electrons. The summed E-state index contributed by atoms with van der Waals surface area (Å²) in [5.41, 5.74) is 0. The lowest BCUT2D eigenvalue weighted by Crippen LogP contribution is -2.50. The number of hydrogen-bond donors (Lipinski definition) is 2. The Hall–Kier alpha value is -0.160. The zero-order chi connectivity index (χ0) is 10.7. The Labute approximate surface area is 91.6 Å². The Bertz CT molecular complexity index is 181. The lowest BCUT2D eigenvalue weighted by molar-refractivity contribution is -0.0515. The van der Waals surface area contributed by atoms with E-state index in [4.69, 9.17) is 4.74 Å². The van der Waals surface area contributed by atoms with Gasteiger partial charge in [-0.15, -0.1) is 0 Å². The van der Waals surface area contributed by atoms with Gasteiger partial charge in [0.1, 0.15) is 0 Å². The predicted molar refractivity (Wildman–Crippen MR) is 58.9 cm³/mol. The highest BCUT2D eigenvalue weighted by atomic mass is 16.5. The summed E-state index contributed by atoms with van der Waals surface area (Å²) in [5, 5.41) is 12.9. The van der Waals surface area contributed by atoms with Crippen molar-refractivity contribution in [1.29, 1.82) is 0 Å². The zero-order valence-corrected chi connectivity index (χ0v) is 9.48. The van der Waals surface area contributed by atoms with Gasteiger partial charge >= 0.3 is 0 Å². The molecule has 0 aliphatic carbocycles. The number of likely N-dealkylation sites (tertiary alicyclic amines) is 1. The molecule has 2 aliphatic heterocycles. The highest BCUT2D eigenvalue weighted by Gasteiger charge is 2.24. The minimum absolute atomic E-state index is 0.132. The first-order chi connectivity index (χ1) is 7.24. The van der Waals surface area contributed by atoms with E-state index < -0.39 is 0 Å². The Kier molecular flexibility index (Phi) is 3.97. The van der Waals surface area contributed by atoms with Crippen molar-refractivity contribution in [2.45, 2.75) is 38.1 Å². The molecule has 2 heterocycles. The molecule has 2 N–H and O–H groups in total. The van der Waals surface area contributed by atoms with Gasteiger partial charge in [-0.05, 0) is 26.3 Å². The second kappa shape index (κ2) is 5.25. The Morgan fingerprint density at radius 3 is 3.07 bits per heavy atom. The zero-order valence-electron chi connectivity index (χ0n) is 9.48. The lowest BCUT2D eigenvalue weighted by atomic mass is 10.1. The van der Waals surface area contributed by atoms with Crippen molar-refractivity contribution in [1.82, 2.24) is 10.2 Å². The third-order valence-corrected chi connectivity index (χ3v) is 3.17. The van der Waals surface area contributed by atoms with Crippen LogP contribution in [0.5, 0.6) is 0 Å². The molecule has 0 saturated carbocycles. The fourth-order valence-electron chi connectivity index (χ4n) is 2.46. The van der Waals surface area contributed by atoms with E-state index in [1.165, 1.54) is 0 Å². The SMILES string of the molecule is C[C@@H]1CNC[C@@H](CN2CCC[C@@H](O)C2)O1. The van der Waals surface area contributed by atoms with Crippen LogP contribution in [0.4, 0.5) is 0 Å². The average molecular weight is 214 g/mol. The molecule has 0 amide bonds. The van der Waals surface area contributed by atoms with Gasteiger partial charge in [-0.1, -0.05) is 0 Å². The van der Waals surface area contributed by atoms with Crippen LogP contribution in [-0.2, 0) is 4.74 Å². The van der Waals surface area contributed by atoms with E-state index in [1.54, 1.807) is 0 Å². The summed E-state index contributed by atoms with van der Waals surface area (Å²) < 4.78 is 5.84. The Morgan fingerprint density at radius 1 is 1.47 bits per heavy atom. The van der Waals surface area contributed by atoms with Crippen molar-refractivity contribution in [2.75, 3.05) is 32.7 Å². The van der Waals surface area contributed by atoms with Crippen LogP contribution >= 0.6 is 0 Å². The van der Waals surface area contributed by atoms with Crippen molar-refractivity contribution in [3.05, 3.63) is 0 Å². The predicted octanol–water partition coefficient (Wildman–Crippen LogP) is -0.180. The summed E-state index contributed by atoms with van der Waals surface area (Å²) in [5.74, 6) is 0. The number of β-amino-alcohol motifs (C(OH)–C–C–N with tert-alkyl or cyclic N) is 1. The molecule has 2 saturated heterocycles. The van der Waals surface area contributed by atoms with E-state index in [-0.39, 0.29) is 6.10 Å². The molecule has 0 aromatic carbocycles. The summed E-state index contributed by atoms with van der Waals surface area (Å²) in [4.78, 5) is 2.32. The van der Waals surface area contributed by atoms with Gasteiger partial charge in [0.05, 0.1) is 18.3 Å². The van der Waals surface area contributed by atoms with Gasteiger partial charge in [0.25, 0.3) is 0 Å². The summed E-state index contributed by atoms with van der Waals surface area (Å²) in [6.07, 6.45) is 2.54. The molecule has 2 fully saturated rings. The van der Waals surface area contributed by atoms with E-state index in [2.05, 4.69) is 17.1 Å². The van der Waals surface area contributed by atoms with Crippen LogP contribution in [0.2, 0.25) is 0 Å². The normalized spacial score (nSPS) is 39.2. The monoisotopic (exact) mass is 214 g/mol. The first-order valence-corrected chi connectivity index (χ1v) is 6.00. The van der Waals surface area contributed by atoms with Crippen molar-refractivity contribution < 1.29 is 9.84 Å². The van der Waals surface area contributed by atoms with Gasteiger partial charge < -0.3 is 15.2 Å². The van der Waals surface area contributed by atoms with Crippen molar-refractivity contribution in [3.63, 3.8) is 0 Å². The molecule has 0 unspecified atom stereocenters. The fraction of sp³-hybridized carbons (Fsp3) is 1.00. The van der Waals surface area contributed by atoms with E-state index >= 15 is 0 Å². The average Bonchev–Trinajstić information content (AvgIpc) is 2.17. The number of rotatable bonds is 2. The highest BCUT2D eigenvalue weighted by molar-refractivity contribution is 4.78. The Morgan fingerprint density at radius 2 is 2.33 bits per heavy atom. The van der Waals surface area contributed by atoms with E-state index in [0.29, 0.717) is 12.2 Å². The molecule has 4 nitrogen and oxygen atoms in total. The molecule has 2 aliphatic rings. The second-order valence-corrected chi connectivity index (χ2v) is 4.78. The molecule has 4 heteroatoms. The maximum Gasteiger partial charge on any atom is 0.0830 e. The van der Waals surface area contributed by atoms with Crippen molar-refractivity contribution in [3.8, 4) is 0 Å². The maximum atomic E-state index is 9.56. The van der Waals surface area contributed by atoms with Crippen molar-refractivity contribution >= 4 is 0 Å². The first-order valence-electron chi connectivity index (χ1n) is 6.00. The molecule has 3 atom stereocenters. The van der Waals surface area contributed by atoms with Crippen molar-refractivity contribution in [2.24, 2.45) is 0 Å². The molecule has 88 valence electrons. The van der Waals surface area contributed by atoms with Crippen LogP contribution in [0.1, 0.15) is 19.8 Å². The molecule has 2 rings (SSSR count). The van der Waals surface area contributed by atoms with Crippen LogP contribution in [0.3, 0.4) is 0 Å². The van der Waals surface area contributed by atoms with E-state index in [9.17, 15) is 5.11 Å². The lowest BCUT2D eigenvalue weighted by Gasteiger charge is -2.36. The number of nitrogens with one attached hydrogen (secondary N) is 1. The second-order valence-electron chi connectivity index (χ2n) is 4.78. The molecular weight excluding hydrogens is 192 g/mol. The summed E-state index contributed by atoms with van der Waals surface area (Å²) in [7, 11) is 0. The van der Waals surface area contributed by atoms with Gasteiger partial charge in [0.2, 0.25) is 0 Å². The quantitative estimate of drug-likeness (QED) is 0.669. The molecule has 0 bridgehead atoms. The number of aliphatic hydroxyl groups is 1. The third-order valence-electron chi connectivity index (χ3n) is 3.17. The van der Waals surface area contributed by atoms with Gasteiger partial charge in [-0.3, -0.25) is 4.90 Å². The molecule has 15 heavy (non-hydrogen) atoms. The number of ether oxygens (including phenoxy) is 1. The van der Waals surface area contributed by atoms with Gasteiger partial charge in [0.15, 0.2) is 0 Å². The molecule has 0 aromatic rings. The number of morpholine rings is 1. The minimum atomic E-state index is -0.132. The van der Waals surface area contributed by atoms with E-state index in [1.807, 2.05) is 0 Å². The smallest absolute Gasteiger partial charge is 0.0830 e. The van der Waals surface area contributed by atoms with Crippen LogP contribution in [0.15, 0.2) is 0 Å². The molecule has 0 aromatic heterocycles. The molecule has 0 spiro atoms. The van der Waals surface area contributed by atoms with E-state index in [0.717, 1.165) is 45.6 Å².